The normalized spacial score (nSPS) is 25.7. The third kappa shape index (κ3) is 1.89. The number of aliphatic hydroxyl groups is 1. The first kappa shape index (κ1) is 14.0. The second kappa shape index (κ2) is 4.97. The lowest BCUT2D eigenvalue weighted by Crippen LogP contribution is -2.39. The molecular formula is C18H19O3P. The molecule has 114 valence electrons. The average Bonchev–Trinajstić information content (AvgIpc) is 2.56. The first-order valence-corrected chi connectivity index (χ1v) is 9.48. The lowest BCUT2D eigenvalue weighted by atomic mass is 9.97. The van der Waals surface area contributed by atoms with E-state index in [1.165, 1.54) is 0 Å². The van der Waals surface area contributed by atoms with Crippen molar-refractivity contribution in [3.05, 3.63) is 48.5 Å². The molecule has 0 saturated heterocycles. The summed E-state index contributed by atoms with van der Waals surface area (Å²) in [5.41, 5.74) is 1.87. The van der Waals surface area contributed by atoms with Crippen LogP contribution in [0, 0.1) is 0 Å². The molecule has 0 radical (unpaired) electrons. The van der Waals surface area contributed by atoms with Crippen LogP contribution >= 0.6 is 7.37 Å². The van der Waals surface area contributed by atoms with Crippen molar-refractivity contribution in [3.63, 3.8) is 0 Å². The van der Waals surface area contributed by atoms with Crippen LogP contribution in [0.2, 0.25) is 0 Å². The average molecular weight is 314 g/mol. The molecule has 0 aromatic heterocycles. The molecule has 0 bridgehead atoms. The quantitative estimate of drug-likeness (QED) is 0.798. The minimum Gasteiger partial charge on any atom is -0.437 e. The van der Waals surface area contributed by atoms with Gasteiger partial charge in [-0.1, -0.05) is 42.8 Å². The Kier molecular flexibility index (Phi) is 3.18. The van der Waals surface area contributed by atoms with Gasteiger partial charge in [-0.15, -0.1) is 0 Å². The van der Waals surface area contributed by atoms with Crippen LogP contribution in [0.1, 0.15) is 32.1 Å². The summed E-state index contributed by atoms with van der Waals surface area (Å²) < 4.78 is 19.8. The summed E-state index contributed by atoms with van der Waals surface area (Å²) in [7, 11) is -3.37. The van der Waals surface area contributed by atoms with E-state index in [0.29, 0.717) is 23.9 Å². The van der Waals surface area contributed by atoms with Crippen LogP contribution in [0.25, 0.3) is 11.1 Å². The highest BCUT2D eigenvalue weighted by Gasteiger charge is 2.53. The molecule has 4 heteroatoms. The van der Waals surface area contributed by atoms with Crippen molar-refractivity contribution in [3.8, 4) is 16.9 Å². The standard InChI is InChI=1S/C18H19O3P/c19-18(12-6-1-7-13-18)22(20)17-11-5-3-9-15(17)14-8-2-4-10-16(14)21-22/h2-5,8-11,19H,1,6-7,12-13H2. The third-order valence-corrected chi connectivity index (χ3v) is 7.85. The molecule has 1 heterocycles. The number of fused-ring (bicyclic) bond motifs is 3. The maximum Gasteiger partial charge on any atom is 0.308 e. The van der Waals surface area contributed by atoms with Gasteiger partial charge in [-0.3, -0.25) is 4.57 Å². The minimum atomic E-state index is -3.37. The third-order valence-electron chi connectivity index (χ3n) is 4.83. The molecule has 2 aromatic rings. The van der Waals surface area contributed by atoms with Gasteiger partial charge < -0.3 is 9.63 Å². The molecule has 1 aliphatic heterocycles. The number of benzene rings is 2. The maximum absolute atomic E-state index is 13.8. The van der Waals surface area contributed by atoms with E-state index in [-0.39, 0.29) is 0 Å². The second-order valence-electron chi connectivity index (χ2n) is 6.20. The van der Waals surface area contributed by atoms with E-state index >= 15 is 0 Å². The van der Waals surface area contributed by atoms with Crippen LogP contribution < -0.4 is 9.83 Å². The van der Waals surface area contributed by atoms with E-state index < -0.39 is 12.7 Å². The predicted octanol–water partition coefficient (Wildman–Crippen LogP) is 4.30. The first-order valence-electron chi connectivity index (χ1n) is 7.85. The van der Waals surface area contributed by atoms with Crippen molar-refractivity contribution >= 4 is 12.7 Å². The Labute approximate surface area is 130 Å². The number of rotatable bonds is 1. The van der Waals surface area contributed by atoms with E-state index in [9.17, 15) is 9.67 Å². The summed E-state index contributed by atoms with van der Waals surface area (Å²) in [6.45, 7) is 0. The van der Waals surface area contributed by atoms with E-state index in [4.69, 9.17) is 4.52 Å². The van der Waals surface area contributed by atoms with Crippen molar-refractivity contribution in [1.29, 1.82) is 0 Å². The summed E-state index contributed by atoms with van der Waals surface area (Å²) in [5.74, 6) is 0.614. The smallest absolute Gasteiger partial charge is 0.308 e. The van der Waals surface area contributed by atoms with Gasteiger partial charge in [0.25, 0.3) is 0 Å². The molecular weight excluding hydrogens is 295 g/mol. The summed E-state index contributed by atoms with van der Waals surface area (Å²) in [4.78, 5) is 0. The maximum atomic E-state index is 13.8. The van der Waals surface area contributed by atoms with Crippen LogP contribution in [0.3, 0.4) is 0 Å². The molecule has 1 fully saturated rings. The molecule has 2 aliphatic rings. The predicted molar refractivity (Wildman–Crippen MR) is 87.8 cm³/mol. The molecule has 2 aromatic carbocycles. The molecule has 3 nitrogen and oxygen atoms in total. The lowest BCUT2D eigenvalue weighted by molar-refractivity contribution is 0.0733. The Morgan fingerprint density at radius 1 is 0.909 bits per heavy atom. The van der Waals surface area contributed by atoms with Crippen LogP contribution in [0.15, 0.2) is 48.5 Å². The highest BCUT2D eigenvalue weighted by molar-refractivity contribution is 7.69. The van der Waals surface area contributed by atoms with Gasteiger partial charge >= 0.3 is 7.37 Å². The Balaban J connectivity index is 1.94. The molecule has 1 unspecified atom stereocenters. The minimum absolute atomic E-state index is 0.542. The van der Waals surface area contributed by atoms with Crippen LogP contribution in [-0.2, 0) is 4.57 Å². The lowest BCUT2D eigenvalue weighted by Gasteiger charge is -2.41. The van der Waals surface area contributed by atoms with E-state index in [0.717, 1.165) is 30.4 Å². The van der Waals surface area contributed by atoms with E-state index in [1.807, 2.05) is 48.5 Å². The second-order valence-corrected chi connectivity index (χ2v) is 8.80. The van der Waals surface area contributed by atoms with Crippen LogP contribution in [0.4, 0.5) is 0 Å². The Bertz CT molecular complexity index is 762. The fourth-order valence-electron chi connectivity index (χ4n) is 3.64. The summed E-state index contributed by atoms with van der Waals surface area (Å²) in [6, 6.07) is 15.3. The summed E-state index contributed by atoms with van der Waals surface area (Å²) in [5, 5.41) is 10.6. The van der Waals surface area contributed by atoms with Crippen molar-refractivity contribution in [2.45, 2.75) is 37.4 Å². The first-order chi connectivity index (χ1) is 10.6. The van der Waals surface area contributed by atoms with Gasteiger partial charge in [0.15, 0.2) is 5.34 Å². The molecule has 4 rings (SSSR count). The van der Waals surface area contributed by atoms with Crippen molar-refractivity contribution in [2.24, 2.45) is 0 Å². The van der Waals surface area contributed by atoms with E-state index in [1.54, 1.807) is 0 Å². The topological polar surface area (TPSA) is 46.5 Å². The Morgan fingerprint density at radius 2 is 1.55 bits per heavy atom. The van der Waals surface area contributed by atoms with Gasteiger partial charge in [-0.05, 0) is 43.4 Å². The van der Waals surface area contributed by atoms with Crippen molar-refractivity contribution in [1.82, 2.24) is 0 Å². The van der Waals surface area contributed by atoms with Gasteiger partial charge in [0.1, 0.15) is 5.75 Å². The fourth-order valence-corrected chi connectivity index (χ4v) is 6.49. The number of hydrogen-bond donors (Lipinski definition) is 1. The van der Waals surface area contributed by atoms with E-state index in [2.05, 4.69) is 0 Å². The van der Waals surface area contributed by atoms with Crippen molar-refractivity contribution in [2.75, 3.05) is 0 Å². The largest absolute Gasteiger partial charge is 0.437 e. The Morgan fingerprint density at radius 3 is 2.32 bits per heavy atom. The zero-order valence-electron chi connectivity index (χ0n) is 12.4. The number of hydrogen-bond acceptors (Lipinski definition) is 3. The van der Waals surface area contributed by atoms with Crippen LogP contribution in [-0.4, -0.2) is 10.4 Å². The number of para-hydroxylation sites is 1. The fraction of sp³-hybridized carbons (Fsp3) is 0.333. The van der Waals surface area contributed by atoms with Crippen molar-refractivity contribution < 1.29 is 14.2 Å². The monoisotopic (exact) mass is 314 g/mol. The van der Waals surface area contributed by atoms with Gasteiger partial charge in [0.2, 0.25) is 0 Å². The van der Waals surface area contributed by atoms with Gasteiger partial charge in [0.05, 0.1) is 5.30 Å². The highest BCUT2D eigenvalue weighted by atomic mass is 31.2. The van der Waals surface area contributed by atoms with Crippen LogP contribution in [0.5, 0.6) is 5.75 Å². The molecule has 22 heavy (non-hydrogen) atoms. The summed E-state index contributed by atoms with van der Waals surface area (Å²) >= 11 is 0. The van der Waals surface area contributed by atoms with Gasteiger partial charge in [0, 0.05) is 5.56 Å². The SMILES string of the molecule is O=P1(C2(O)CCCCC2)Oc2ccccc2-c2ccccc21. The highest BCUT2D eigenvalue weighted by Crippen LogP contribution is 2.65. The van der Waals surface area contributed by atoms with Gasteiger partial charge in [-0.2, -0.15) is 0 Å². The molecule has 1 saturated carbocycles. The molecule has 1 atom stereocenters. The zero-order chi connectivity index (χ0) is 15.2. The zero-order valence-corrected chi connectivity index (χ0v) is 13.3. The molecule has 1 N–H and O–H groups in total. The Hall–Kier alpha value is -1.57. The molecule has 0 amide bonds. The summed E-state index contributed by atoms with van der Waals surface area (Å²) in [6.07, 6.45) is 3.96. The molecule has 1 aliphatic carbocycles. The molecule has 0 spiro atoms. The van der Waals surface area contributed by atoms with Gasteiger partial charge in [-0.25, -0.2) is 0 Å².